The maximum atomic E-state index is 12.7. The number of nitrogens with zero attached hydrogens (tertiary/aromatic N) is 3. The molecule has 0 saturated heterocycles. The molecule has 0 aliphatic heterocycles. The van der Waals surface area contributed by atoms with E-state index in [0.29, 0.717) is 11.9 Å². The molecule has 1 unspecified atom stereocenters. The lowest BCUT2D eigenvalue weighted by Crippen LogP contribution is -2.28. The van der Waals surface area contributed by atoms with Gasteiger partial charge in [-0.1, -0.05) is 6.92 Å². The van der Waals surface area contributed by atoms with Crippen LogP contribution in [0, 0.1) is 5.95 Å². The van der Waals surface area contributed by atoms with Crippen LogP contribution in [0.4, 0.5) is 10.2 Å². The van der Waals surface area contributed by atoms with Gasteiger partial charge in [0.1, 0.15) is 12.1 Å². The number of halogens is 1. The molecule has 0 radical (unpaired) electrons. The summed E-state index contributed by atoms with van der Waals surface area (Å²) >= 11 is 0. The number of hydrogen-bond acceptors (Lipinski definition) is 3. The highest BCUT2D eigenvalue weighted by atomic mass is 19.1. The number of rotatable bonds is 3. The van der Waals surface area contributed by atoms with Gasteiger partial charge in [-0.3, -0.25) is 0 Å². The maximum Gasteiger partial charge on any atom is 0.218 e. The molecule has 0 spiro atoms. The van der Waals surface area contributed by atoms with Gasteiger partial charge in [-0.05, 0) is 13.3 Å². The maximum absolute atomic E-state index is 12.7. The summed E-state index contributed by atoms with van der Waals surface area (Å²) in [6.45, 7) is 4.15. The Labute approximate surface area is 77.6 Å². The summed E-state index contributed by atoms with van der Waals surface area (Å²) in [5, 5.41) is 0. The van der Waals surface area contributed by atoms with Crippen LogP contribution < -0.4 is 4.90 Å². The summed E-state index contributed by atoms with van der Waals surface area (Å²) in [7, 11) is 1.90. The molecule has 0 aliphatic carbocycles. The first-order chi connectivity index (χ1) is 6.15. The van der Waals surface area contributed by atoms with E-state index in [9.17, 15) is 4.39 Å². The fraction of sp³-hybridized carbons (Fsp3) is 0.556. The summed E-state index contributed by atoms with van der Waals surface area (Å²) in [6, 6.07) is 1.70. The van der Waals surface area contributed by atoms with Crippen molar-refractivity contribution in [2.24, 2.45) is 0 Å². The van der Waals surface area contributed by atoms with Gasteiger partial charge in [-0.2, -0.15) is 4.39 Å². The van der Waals surface area contributed by atoms with Crippen molar-refractivity contribution >= 4 is 5.82 Å². The molecule has 72 valence electrons. The van der Waals surface area contributed by atoms with Crippen LogP contribution in [0.3, 0.4) is 0 Å². The topological polar surface area (TPSA) is 29.0 Å². The van der Waals surface area contributed by atoms with Crippen molar-refractivity contribution < 1.29 is 4.39 Å². The number of aromatic nitrogens is 2. The van der Waals surface area contributed by atoms with Crippen molar-refractivity contribution in [2.75, 3.05) is 11.9 Å². The lowest BCUT2D eigenvalue weighted by Gasteiger charge is -2.24. The molecule has 13 heavy (non-hydrogen) atoms. The van der Waals surface area contributed by atoms with Gasteiger partial charge in [-0.25, -0.2) is 9.97 Å². The van der Waals surface area contributed by atoms with Gasteiger partial charge in [0, 0.05) is 19.2 Å². The Morgan fingerprint density at radius 3 is 2.77 bits per heavy atom. The minimum Gasteiger partial charge on any atom is -0.357 e. The van der Waals surface area contributed by atoms with Crippen molar-refractivity contribution in [3.8, 4) is 0 Å². The van der Waals surface area contributed by atoms with E-state index in [2.05, 4.69) is 23.8 Å². The summed E-state index contributed by atoms with van der Waals surface area (Å²) in [5.74, 6) is 0.141. The number of anilines is 1. The highest BCUT2D eigenvalue weighted by molar-refractivity contribution is 5.36. The summed E-state index contributed by atoms with van der Waals surface area (Å²) in [5.41, 5.74) is 0. The van der Waals surface area contributed by atoms with Gasteiger partial charge in [0.15, 0.2) is 0 Å². The molecular formula is C9H14FN3. The molecule has 1 heterocycles. The van der Waals surface area contributed by atoms with E-state index in [1.54, 1.807) is 0 Å². The van der Waals surface area contributed by atoms with Crippen molar-refractivity contribution in [3.63, 3.8) is 0 Å². The lowest BCUT2D eigenvalue weighted by atomic mass is 10.2. The van der Waals surface area contributed by atoms with Crippen LogP contribution in [0.2, 0.25) is 0 Å². The van der Waals surface area contributed by atoms with Crippen LogP contribution in [0.1, 0.15) is 20.3 Å². The van der Waals surface area contributed by atoms with Gasteiger partial charge < -0.3 is 4.90 Å². The third-order valence-electron chi connectivity index (χ3n) is 2.23. The molecule has 1 aromatic heterocycles. The Balaban J connectivity index is 2.82. The molecule has 0 N–H and O–H groups in total. The van der Waals surface area contributed by atoms with Crippen LogP contribution in [0.25, 0.3) is 0 Å². The fourth-order valence-corrected chi connectivity index (χ4v) is 1.02. The fourth-order valence-electron chi connectivity index (χ4n) is 1.02. The van der Waals surface area contributed by atoms with E-state index in [0.717, 1.165) is 6.42 Å². The third kappa shape index (κ3) is 2.37. The summed E-state index contributed by atoms with van der Waals surface area (Å²) < 4.78 is 12.7. The van der Waals surface area contributed by atoms with Gasteiger partial charge in [-0.15, -0.1) is 0 Å². The van der Waals surface area contributed by atoms with Crippen molar-refractivity contribution in [1.29, 1.82) is 0 Å². The third-order valence-corrected chi connectivity index (χ3v) is 2.23. The van der Waals surface area contributed by atoms with Crippen LogP contribution in [-0.2, 0) is 0 Å². The first-order valence-electron chi connectivity index (χ1n) is 4.35. The zero-order valence-corrected chi connectivity index (χ0v) is 8.16. The lowest BCUT2D eigenvalue weighted by molar-refractivity contribution is 0.574. The molecule has 4 heteroatoms. The first-order valence-corrected chi connectivity index (χ1v) is 4.35. The molecule has 0 aliphatic rings. The highest BCUT2D eigenvalue weighted by Crippen LogP contribution is 2.12. The van der Waals surface area contributed by atoms with Gasteiger partial charge in [0.25, 0.3) is 0 Å². The standard InChI is InChI=1S/C9H14FN3/c1-4-7(2)13(3)9-5-8(10)11-6-12-9/h5-7H,4H2,1-3H3. The summed E-state index contributed by atoms with van der Waals surface area (Å²) in [4.78, 5) is 9.32. The second-order valence-corrected chi connectivity index (χ2v) is 3.07. The van der Waals surface area contributed by atoms with Crippen molar-refractivity contribution in [3.05, 3.63) is 18.3 Å². The minimum absolute atomic E-state index is 0.356. The van der Waals surface area contributed by atoms with Crippen LogP contribution in [0.5, 0.6) is 0 Å². The second kappa shape index (κ2) is 4.16. The van der Waals surface area contributed by atoms with E-state index in [1.807, 2.05) is 11.9 Å². The van der Waals surface area contributed by atoms with Crippen LogP contribution >= 0.6 is 0 Å². The zero-order valence-electron chi connectivity index (χ0n) is 8.16. The molecular weight excluding hydrogens is 169 g/mol. The molecule has 1 aromatic rings. The molecule has 0 saturated carbocycles. The number of hydrogen-bond donors (Lipinski definition) is 0. The van der Waals surface area contributed by atoms with Crippen molar-refractivity contribution in [1.82, 2.24) is 9.97 Å². The summed E-state index contributed by atoms with van der Waals surface area (Å²) in [6.07, 6.45) is 2.24. The molecule has 0 bridgehead atoms. The monoisotopic (exact) mass is 183 g/mol. The average molecular weight is 183 g/mol. The van der Waals surface area contributed by atoms with E-state index in [1.165, 1.54) is 12.4 Å². The predicted octanol–water partition coefficient (Wildman–Crippen LogP) is 1.85. The molecule has 0 aromatic carbocycles. The molecule has 0 amide bonds. The van der Waals surface area contributed by atoms with E-state index < -0.39 is 5.95 Å². The Bertz CT molecular complexity index is 277. The van der Waals surface area contributed by atoms with Crippen LogP contribution in [0.15, 0.2) is 12.4 Å². The van der Waals surface area contributed by atoms with E-state index in [4.69, 9.17) is 0 Å². The molecule has 3 nitrogen and oxygen atoms in total. The Morgan fingerprint density at radius 2 is 2.23 bits per heavy atom. The minimum atomic E-state index is -0.486. The molecule has 1 rings (SSSR count). The Hall–Kier alpha value is -1.19. The van der Waals surface area contributed by atoms with Crippen molar-refractivity contribution in [2.45, 2.75) is 26.3 Å². The zero-order chi connectivity index (χ0) is 9.84. The van der Waals surface area contributed by atoms with Gasteiger partial charge in [0.05, 0.1) is 0 Å². The first kappa shape index (κ1) is 9.89. The quantitative estimate of drug-likeness (QED) is 0.670. The van der Waals surface area contributed by atoms with Gasteiger partial charge >= 0.3 is 0 Å². The van der Waals surface area contributed by atoms with Crippen LogP contribution in [-0.4, -0.2) is 23.1 Å². The molecule has 1 atom stereocenters. The smallest absolute Gasteiger partial charge is 0.218 e. The Kier molecular flexibility index (Phi) is 3.17. The largest absolute Gasteiger partial charge is 0.357 e. The van der Waals surface area contributed by atoms with E-state index in [-0.39, 0.29) is 0 Å². The predicted molar refractivity (Wildman–Crippen MR) is 50.1 cm³/mol. The second-order valence-electron chi connectivity index (χ2n) is 3.07. The molecule has 0 fully saturated rings. The Morgan fingerprint density at radius 1 is 1.54 bits per heavy atom. The SMILES string of the molecule is CCC(C)N(C)c1cc(F)ncn1. The highest BCUT2D eigenvalue weighted by Gasteiger charge is 2.09. The van der Waals surface area contributed by atoms with Gasteiger partial charge in [0.2, 0.25) is 5.95 Å². The normalized spacial score (nSPS) is 12.6. The van der Waals surface area contributed by atoms with E-state index >= 15 is 0 Å². The average Bonchev–Trinajstić information content (AvgIpc) is 2.15.